The van der Waals surface area contributed by atoms with E-state index in [4.69, 9.17) is 21.1 Å². The molecule has 140 valence electrons. The smallest absolute Gasteiger partial charge is 0.276 e. The van der Waals surface area contributed by atoms with E-state index in [0.717, 1.165) is 10.0 Å². The van der Waals surface area contributed by atoms with Crippen LogP contribution in [0.3, 0.4) is 0 Å². The fourth-order valence-electron chi connectivity index (χ4n) is 2.39. The number of carbonyl (C=O) groups excluding carboxylic acids is 1. The van der Waals surface area contributed by atoms with Gasteiger partial charge in [-0.25, -0.2) is 4.68 Å². The normalized spacial score (nSPS) is 10.5. The van der Waals surface area contributed by atoms with E-state index in [9.17, 15) is 4.79 Å². The highest BCUT2D eigenvalue weighted by Gasteiger charge is 2.13. The minimum atomic E-state index is -0.334. The first-order valence-electron chi connectivity index (χ1n) is 8.03. The molecule has 0 atom stereocenters. The third-order valence-corrected chi connectivity index (χ3v) is 4.51. The van der Waals surface area contributed by atoms with E-state index in [1.165, 1.54) is 4.68 Å². The van der Waals surface area contributed by atoms with Crippen LogP contribution < -0.4 is 14.8 Å². The Labute approximate surface area is 170 Å². The molecule has 0 aliphatic carbocycles. The molecule has 1 amide bonds. The summed E-state index contributed by atoms with van der Waals surface area (Å²) in [6.45, 7) is 2.07. The molecular weight excluding hydrogens is 434 g/mol. The third kappa shape index (κ3) is 4.81. The van der Waals surface area contributed by atoms with Crippen LogP contribution in [-0.4, -0.2) is 22.8 Å². The molecule has 0 aliphatic heterocycles. The van der Waals surface area contributed by atoms with Gasteiger partial charge in [-0.2, -0.15) is 5.10 Å². The number of carbonyl (C=O) groups is 1. The Kier molecular flexibility index (Phi) is 6.03. The molecule has 0 saturated carbocycles. The van der Waals surface area contributed by atoms with Gasteiger partial charge in [-0.05, 0) is 48.9 Å². The summed E-state index contributed by atoms with van der Waals surface area (Å²) >= 11 is 9.46. The molecule has 0 saturated heterocycles. The molecule has 8 heteroatoms. The van der Waals surface area contributed by atoms with Gasteiger partial charge >= 0.3 is 0 Å². The number of rotatable bonds is 6. The van der Waals surface area contributed by atoms with Crippen molar-refractivity contribution >= 4 is 39.1 Å². The number of methoxy groups -OCH3 is 1. The Morgan fingerprint density at radius 3 is 2.74 bits per heavy atom. The molecule has 0 radical (unpaired) electrons. The third-order valence-electron chi connectivity index (χ3n) is 3.72. The summed E-state index contributed by atoms with van der Waals surface area (Å²) in [6.07, 6.45) is 1.66. The number of halogens is 2. The standard InChI is InChI=1S/C19H17BrClN3O3/c1-12-3-5-18(26-2)16(9-12)22-19(25)15-7-8-24(23-15)11-27-17-6-4-13(20)10-14(17)21/h3-10H,11H2,1-2H3,(H,22,25). The molecule has 0 aliphatic rings. The van der Waals surface area contributed by atoms with Crippen molar-refractivity contribution in [2.24, 2.45) is 0 Å². The first kappa shape index (κ1) is 19.3. The highest BCUT2D eigenvalue weighted by Crippen LogP contribution is 2.28. The number of benzene rings is 2. The highest BCUT2D eigenvalue weighted by atomic mass is 79.9. The van der Waals surface area contributed by atoms with Crippen molar-refractivity contribution in [3.05, 3.63) is 69.4 Å². The van der Waals surface area contributed by atoms with Gasteiger partial charge in [0, 0.05) is 10.7 Å². The van der Waals surface area contributed by atoms with Crippen LogP contribution in [0.5, 0.6) is 11.5 Å². The Bertz CT molecular complexity index is 975. The summed E-state index contributed by atoms with van der Waals surface area (Å²) < 4.78 is 13.3. The van der Waals surface area contributed by atoms with Gasteiger partial charge < -0.3 is 14.8 Å². The summed E-state index contributed by atoms with van der Waals surface area (Å²) in [5.41, 5.74) is 1.87. The topological polar surface area (TPSA) is 65.4 Å². The number of amides is 1. The minimum Gasteiger partial charge on any atom is -0.495 e. The average Bonchev–Trinajstić information content (AvgIpc) is 3.10. The van der Waals surface area contributed by atoms with Crippen molar-refractivity contribution in [1.82, 2.24) is 9.78 Å². The molecule has 0 unspecified atom stereocenters. The molecule has 3 aromatic rings. The summed E-state index contributed by atoms with van der Waals surface area (Å²) in [6, 6.07) is 12.5. The lowest BCUT2D eigenvalue weighted by Gasteiger charge is -2.10. The van der Waals surface area contributed by atoms with Crippen LogP contribution in [0.25, 0.3) is 0 Å². The maximum absolute atomic E-state index is 12.5. The first-order valence-corrected chi connectivity index (χ1v) is 9.20. The first-order chi connectivity index (χ1) is 13.0. The van der Waals surface area contributed by atoms with Crippen LogP contribution in [-0.2, 0) is 6.73 Å². The molecule has 27 heavy (non-hydrogen) atoms. The predicted molar refractivity (Wildman–Crippen MR) is 108 cm³/mol. The fourth-order valence-corrected chi connectivity index (χ4v) is 3.12. The van der Waals surface area contributed by atoms with E-state index in [1.807, 2.05) is 25.1 Å². The molecule has 1 N–H and O–H groups in total. The second-order valence-electron chi connectivity index (χ2n) is 5.75. The van der Waals surface area contributed by atoms with E-state index in [0.29, 0.717) is 22.2 Å². The fraction of sp³-hybridized carbons (Fsp3) is 0.158. The Morgan fingerprint density at radius 2 is 2.00 bits per heavy atom. The number of ether oxygens (including phenoxy) is 2. The molecule has 1 heterocycles. The monoisotopic (exact) mass is 449 g/mol. The van der Waals surface area contributed by atoms with Crippen molar-refractivity contribution in [1.29, 1.82) is 0 Å². The number of aromatic nitrogens is 2. The zero-order chi connectivity index (χ0) is 19.4. The summed E-state index contributed by atoms with van der Waals surface area (Å²) in [5.74, 6) is 0.784. The lowest BCUT2D eigenvalue weighted by molar-refractivity contribution is 0.102. The molecule has 3 rings (SSSR count). The van der Waals surface area contributed by atoms with E-state index in [1.54, 1.807) is 37.6 Å². The highest BCUT2D eigenvalue weighted by molar-refractivity contribution is 9.10. The molecule has 6 nitrogen and oxygen atoms in total. The average molecular weight is 451 g/mol. The van der Waals surface area contributed by atoms with E-state index in [2.05, 4.69) is 26.3 Å². The molecule has 0 bridgehead atoms. The van der Waals surface area contributed by atoms with Gasteiger partial charge in [-0.3, -0.25) is 4.79 Å². The lowest BCUT2D eigenvalue weighted by atomic mass is 10.2. The Balaban J connectivity index is 1.66. The van der Waals surface area contributed by atoms with Crippen LogP contribution in [0.4, 0.5) is 5.69 Å². The van der Waals surface area contributed by atoms with E-state index < -0.39 is 0 Å². The van der Waals surface area contributed by atoms with Gasteiger partial charge in [0.25, 0.3) is 5.91 Å². The summed E-state index contributed by atoms with van der Waals surface area (Å²) in [5, 5.41) is 7.53. The maximum atomic E-state index is 12.5. The van der Waals surface area contributed by atoms with Crippen molar-refractivity contribution < 1.29 is 14.3 Å². The largest absolute Gasteiger partial charge is 0.495 e. The molecular formula is C19H17BrClN3O3. The SMILES string of the molecule is COc1ccc(C)cc1NC(=O)c1ccn(COc2ccc(Br)cc2Cl)n1. The maximum Gasteiger partial charge on any atom is 0.276 e. The van der Waals surface area contributed by atoms with Crippen molar-refractivity contribution in [2.45, 2.75) is 13.7 Å². The molecule has 1 aromatic heterocycles. The molecule has 0 fully saturated rings. The predicted octanol–water partition coefficient (Wildman–Crippen LogP) is 4.90. The van der Waals surface area contributed by atoms with Gasteiger partial charge in [0.15, 0.2) is 12.4 Å². The van der Waals surface area contributed by atoms with Gasteiger partial charge in [-0.15, -0.1) is 0 Å². The number of hydrogen-bond acceptors (Lipinski definition) is 4. The zero-order valence-corrected chi connectivity index (χ0v) is 17.0. The Hall–Kier alpha value is -2.51. The van der Waals surface area contributed by atoms with Gasteiger partial charge in [-0.1, -0.05) is 33.6 Å². The van der Waals surface area contributed by atoms with E-state index in [-0.39, 0.29) is 18.3 Å². The van der Waals surface area contributed by atoms with Gasteiger partial charge in [0.05, 0.1) is 17.8 Å². The van der Waals surface area contributed by atoms with Crippen molar-refractivity contribution in [3.8, 4) is 11.5 Å². The summed E-state index contributed by atoms with van der Waals surface area (Å²) in [4.78, 5) is 12.5. The lowest BCUT2D eigenvalue weighted by Crippen LogP contribution is -2.15. The number of aryl methyl sites for hydroxylation is 1. The van der Waals surface area contributed by atoms with Crippen LogP contribution >= 0.6 is 27.5 Å². The van der Waals surface area contributed by atoms with Crippen molar-refractivity contribution in [2.75, 3.05) is 12.4 Å². The van der Waals surface area contributed by atoms with Crippen LogP contribution in [0.1, 0.15) is 16.1 Å². The summed E-state index contributed by atoms with van der Waals surface area (Å²) in [7, 11) is 1.56. The van der Waals surface area contributed by atoms with Crippen LogP contribution in [0, 0.1) is 6.92 Å². The number of hydrogen-bond donors (Lipinski definition) is 1. The van der Waals surface area contributed by atoms with Gasteiger partial charge in [0.2, 0.25) is 0 Å². The Morgan fingerprint density at radius 1 is 1.22 bits per heavy atom. The number of anilines is 1. The number of nitrogens with one attached hydrogen (secondary N) is 1. The quantitative estimate of drug-likeness (QED) is 0.580. The van der Waals surface area contributed by atoms with E-state index >= 15 is 0 Å². The second kappa shape index (κ2) is 8.45. The van der Waals surface area contributed by atoms with Crippen molar-refractivity contribution in [3.63, 3.8) is 0 Å². The minimum absolute atomic E-state index is 0.127. The van der Waals surface area contributed by atoms with Gasteiger partial charge in [0.1, 0.15) is 11.5 Å². The molecule has 0 spiro atoms. The molecule has 2 aromatic carbocycles. The zero-order valence-electron chi connectivity index (χ0n) is 14.7. The second-order valence-corrected chi connectivity index (χ2v) is 7.07. The number of nitrogens with zero attached hydrogens (tertiary/aromatic N) is 2. The van der Waals surface area contributed by atoms with Crippen LogP contribution in [0.2, 0.25) is 5.02 Å². The van der Waals surface area contributed by atoms with Crippen LogP contribution in [0.15, 0.2) is 53.1 Å².